The van der Waals surface area contributed by atoms with E-state index in [0.29, 0.717) is 6.42 Å². The molecule has 0 rings (SSSR count). The molecule has 0 fully saturated rings. The predicted octanol–water partition coefficient (Wildman–Crippen LogP) is 9.25. The third kappa shape index (κ3) is 24.1. The van der Waals surface area contributed by atoms with Crippen molar-refractivity contribution in [3.8, 4) is 0 Å². The lowest BCUT2D eigenvalue weighted by molar-refractivity contribution is -0.140. The number of ether oxygens (including phenoxy) is 1. The molecule has 3 heteroatoms. The standard InChI is InChI=1S/C30H59NO2/c1-5-6-7-23-26-29(31(2)3)27-24-21-19-17-15-13-11-9-8-10-12-14-16-18-20-22-25-28-30(32)33-4/h10,12,29H,5-9,11,13-28H2,1-4H3/b12-10-. The third-order valence-corrected chi connectivity index (χ3v) is 6.93. The van der Waals surface area contributed by atoms with Crippen molar-refractivity contribution in [2.45, 2.75) is 154 Å². The Morgan fingerprint density at radius 3 is 1.55 bits per heavy atom. The van der Waals surface area contributed by atoms with Crippen LogP contribution in [0, 0.1) is 0 Å². The Morgan fingerprint density at radius 1 is 0.667 bits per heavy atom. The fourth-order valence-electron chi connectivity index (χ4n) is 4.57. The number of hydrogen-bond donors (Lipinski definition) is 0. The van der Waals surface area contributed by atoms with Crippen LogP contribution in [0.1, 0.15) is 148 Å². The van der Waals surface area contributed by atoms with Crippen molar-refractivity contribution in [2.24, 2.45) is 0 Å². The van der Waals surface area contributed by atoms with Crippen molar-refractivity contribution in [1.82, 2.24) is 4.90 Å². The van der Waals surface area contributed by atoms with Crippen LogP contribution >= 0.6 is 0 Å². The van der Waals surface area contributed by atoms with Crippen LogP contribution in [0.3, 0.4) is 0 Å². The van der Waals surface area contributed by atoms with Crippen LogP contribution < -0.4 is 0 Å². The fraction of sp³-hybridized carbons (Fsp3) is 0.900. The van der Waals surface area contributed by atoms with Gasteiger partial charge in [0.25, 0.3) is 0 Å². The maximum Gasteiger partial charge on any atom is 0.305 e. The van der Waals surface area contributed by atoms with Crippen LogP contribution in [0.5, 0.6) is 0 Å². The summed E-state index contributed by atoms with van der Waals surface area (Å²) in [5, 5.41) is 0. The Morgan fingerprint density at radius 2 is 1.09 bits per heavy atom. The van der Waals surface area contributed by atoms with Gasteiger partial charge in [-0.25, -0.2) is 0 Å². The zero-order valence-electron chi connectivity index (χ0n) is 23.1. The van der Waals surface area contributed by atoms with Crippen molar-refractivity contribution in [2.75, 3.05) is 21.2 Å². The van der Waals surface area contributed by atoms with Crippen LogP contribution in [0.2, 0.25) is 0 Å². The van der Waals surface area contributed by atoms with Gasteiger partial charge in [0.2, 0.25) is 0 Å². The van der Waals surface area contributed by atoms with Gasteiger partial charge < -0.3 is 9.64 Å². The lowest BCUT2D eigenvalue weighted by atomic mass is 9.99. The van der Waals surface area contributed by atoms with Gasteiger partial charge in [0.15, 0.2) is 0 Å². The highest BCUT2D eigenvalue weighted by Crippen LogP contribution is 2.17. The third-order valence-electron chi connectivity index (χ3n) is 6.93. The molecule has 0 heterocycles. The molecule has 0 aliphatic carbocycles. The first-order valence-corrected chi connectivity index (χ1v) is 14.5. The Balaban J connectivity index is 3.34. The number of carbonyl (C=O) groups excluding carboxylic acids is 1. The number of allylic oxidation sites excluding steroid dienone is 2. The lowest BCUT2D eigenvalue weighted by Gasteiger charge is -2.24. The Labute approximate surface area is 208 Å². The fourth-order valence-corrected chi connectivity index (χ4v) is 4.57. The second-order valence-corrected chi connectivity index (χ2v) is 10.2. The average Bonchev–Trinajstić information content (AvgIpc) is 2.81. The summed E-state index contributed by atoms with van der Waals surface area (Å²) in [4.78, 5) is 13.5. The van der Waals surface area contributed by atoms with Crippen LogP contribution in [0.15, 0.2) is 12.2 Å². The van der Waals surface area contributed by atoms with Gasteiger partial charge >= 0.3 is 5.97 Å². The molecule has 0 saturated heterocycles. The molecule has 0 N–H and O–H groups in total. The van der Waals surface area contributed by atoms with Gasteiger partial charge in [-0.15, -0.1) is 0 Å². The number of nitrogens with zero attached hydrogens (tertiary/aromatic N) is 1. The Hall–Kier alpha value is -0.830. The first-order valence-electron chi connectivity index (χ1n) is 14.5. The van der Waals surface area contributed by atoms with Crippen LogP contribution in [-0.2, 0) is 9.53 Å². The molecule has 0 aliphatic rings. The molecule has 3 nitrogen and oxygen atoms in total. The van der Waals surface area contributed by atoms with Crippen molar-refractivity contribution in [3.05, 3.63) is 12.2 Å². The summed E-state index contributed by atoms with van der Waals surface area (Å²) in [6.07, 6.45) is 33.3. The van der Waals surface area contributed by atoms with E-state index in [1.54, 1.807) is 0 Å². The van der Waals surface area contributed by atoms with E-state index in [1.807, 2.05) is 0 Å². The van der Waals surface area contributed by atoms with E-state index in [9.17, 15) is 4.79 Å². The zero-order valence-corrected chi connectivity index (χ0v) is 23.1. The maximum atomic E-state index is 11.0. The number of carbonyl (C=O) groups is 1. The molecular formula is C30H59NO2. The molecule has 0 saturated carbocycles. The van der Waals surface area contributed by atoms with E-state index in [1.165, 1.54) is 129 Å². The summed E-state index contributed by atoms with van der Waals surface area (Å²) < 4.78 is 4.66. The molecule has 33 heavy (non-hydrogen) atoms. The molecule has 1 atom stereocenters. The Kier molecular flexibility index (Phi) is 25.1. The second kappa shape index (κ2) is 25.8. The summed E-state index contributed by atoms with van der Waals surface area (Å²) in [5.41, 5.74) is 0. The van der Waals surface area contributed by atoms with Crippen LogP contribution in [0.4, 0.5) is 0 Å². The summed E-state index contributed by atoms with van der Waals surface area (Å²) in [6, 6.07) is 0.799. The molecule has 0 radical (unpaired) electrons. The summed E-state index contributed by atoms with van der Waals surface area (Å²) in [6.45, 7) is 2.30. The summed E-state index contributed by atoms with van der Waals surface area (Å²) >= 11 is 0. The quantitative estimate of drug-likeness (QED) is 0.0764. The maximum absolute atomic E-state index is 11.0. The van der Waals surface area contributed by atoms with Gasteiger partial charge in [0, 0.05) is 12.5 Å². The van der Waals surface area contributed by atoms with E-state index in [4.69, 9.17) is 0 Å². The minimum Gasteiger partial charge on any atom is -0.469 e. The highest BCUT2D eigenvalue weighted by Gasteiger charge is 2.10. The molecule has 0 aromatic carbocycles. The van der Waals surface area contributed by atoms with E-state index < -0.39 is 0 Å². The van der Waals surface area contributed by atoms with Gasteiger partial charge in [0.1, 0.15) is 0 Å². The molecule has 0 amide bonds. The number of unbranched alkanes of at least 4 members (excludes halogenated alkanes) is 16. The SMILES string of the molecule is CCCCCCC(CCCCCCCCCC/C=C\CCCCCCCC(=O)OC)N(C)C. The first kappa shape index (κ1) is 32.2. The number of methoxy groups -OCH3 is 1. The van der Waals surface area contributed by atoms with Crippen molar-refractivity contribution in [3.63, 3.8) is 0 Å². The van der Waals surface area contributed by atoms with Gasteiger partial charge in [-0.1, -0.05) is 109 Å². The minimum absolute atomic E-state index is 0.0740. The van der Waals surface area contributed by atoms with Crippen molar-refractivity contribution < 1.29 is 9.53 Å². The minimum atomic E-state index is -0.0740. The lowest BCUT2D eigenvalue weighted by Crippen LogP contribution is -2.27. The molecule has 0 aliphatic heterocycles. The molecule has 0 spiro atoms. The summed E-state index contributed by atoms with van der Waals surface area (Å²) in [5.74, 6) is -0.0740. The number of rotatable bonds is 25. The first-order chi connectivity index (χ1) is 16.1. The van der Waals surface area contributed by atoms with Crippen molar-refractivity contribution in [1.29, 1.82) is 0 Å². The molecule has 0 aromatic rings. The van der Waals surface area contributed by atoms with Gasteiger partial charge in [-0.3, -0.25) is 4.79 Å². The largest absolute Gasteiger partial charge is 0.469 e. The number of hydrogen-bond acceptors (Lipinski definition) is 3. The van der Waals surface area contributed by atoms with Crippen molar-refractivity contribution >= 4 is 5.97 Å². The topological polar surface area (TPSA) is 29.5 Å². The number of esters is 1. The highest BCUT2D eigenvalue weighted by atomic mass is 16.5. The van der Waals surface area contributed by atoms with E-state index in [-0.39, 0.29) is 5.97 Å². The second-order valence-electron chi connectivity index (χ2n) is 10.2. The van der Waals surface area contributed by atoms with E-state index in [0.717, 1.165) is 18.9 Å². The highest BCUT2D eigenvalue weighted by molar-refractivity contribution is 5.68. The van der Waals surface area contributed by atoms with Crippen LogP contribution in [0.25, 0.3) is 0 Å². The molecule has 0 aromatic heterocycles. The van der Waals surface area contributed by atoms with E-state index in [2.05, 4.69) is 42.8 Å². The predicted molar refractivity (Wildman–Crippen MR) is 146 cm³/mol. The zero-order chi connectivity index (χ0) is 24.4. The molecule has 0 bridgehead atoms. The van der Waals surface area contributed by atoms with Gasteiger partial charge in [-0.2, -0.15) is 0 Å². The normalized spacial score (nSPS) is 12.6. The van der Waals surface area contributed by atoms with Gasteiger partial charge in [-0.05, 0) is 59.0 Å². The molecular weight excluding hydrogens is 406 g/mol. The van der Waals surface area contributed by atoms with E-state index >= 15 is 0 Å². The molecule has 196 valence electrons. The molecule has 1 unspecified atom stereocenters. The smallest absolute Gasteiger partial charge is 0.305 e. The van der Waals surface area contributed by atoms with Gasteiger partial charge in [0.05, 0.1) is 7.11 Å². The van der Waals surface area contributed by atoms with Crippen LogP contribution in [-0.4, -0.2) is 38.1 Å². The average molecular weight is 466 g/mol. The summed E-state index contributed by atoms with van der Waals surface area (Å²) in [7, 11) is 5.99. The Bertz CT molecular complexity index is 433. The monoisotopic (exact) mass is 465 g/mol.